The summed E-state index contributed by atoms with van der Waals surface area (Å²) in [6.45, 7) is 0. The van der Waals surface area contributed by atoms with Crippen molar-refractivity contribution < 1.29 is 23.9 Å². The molecular weight excluding hydrogens is 330 g/mol. The molecule has 0 radical (unpaired) electrons. The van der Waals surface area contributed by atoms with Crippen LogP contribution in [0.4, 0.5) is 5.69 Å². The lowest BCUT2D eigenvalue weighted by atomic mass is 10.1. The van der Waals surface area contributed by atoms with E-state index in [0.29, 0.717) is 0 Å². The van der Waals surface area contributed by atoms with Gasteiger partial charge >= 0.3 is 11.9 Å². The van der Waals surface area contributed by atoms with E-state index in [-0.39, 0.29) is 16.8 Å². The van der Waals surface area contributed by atoms with E-state index >= 15 is 0 Å². The quantitative estimate of drug-likeness (QED) is 0.665. The van der Waals surface area contributed by atoms with Gasteiger partial charge in [-0.3, -0.25) is 4.79 Å². The van der Waals surface area contributed by atoms with Crippen molar-refractivity contribution in [3.63, 3.8) is 0 Å². The number of methoxy groups -OCH3 is 2. The first-order valence-electron chi connectivity index (χ1n) is 6.88. The molecule has 2 aromatic rings. The fourth-order valence-corrected chi connectivity index (χ4v) is 2.52. The summed E-state index contributed by atoms with van der Waals surface area (Å²) in [7, 11) is 2.48. The van der Waals surface area contributed by atoms with E-state index in [0.717, 1.165) is 4.88 Å². The first kappa shape index (κ1) is 17.4. The Labute approximate surface area is 142 Å². The molecule has 0 aliphatic rings. The summed E-state index contributed by atoms with van der Waals surface area (Å²) in [5, 5.41) is 4.47. The van der Waals surface area contributed by atoms with Crippen LogP contribution in [0, 0.1) is 0 Å². The van der Waals surface area contributed by atoms with Crippen molar-refractivity contribution >= 4 is 40.9 Å². The first-order chi connectivity index (χ1) is 11.5. The number of hydrogen-bond donors (Lipinski definition) is 1. The van der Waals surface area contributed by atoms with Crippen molar-refractivity contribution in [3.05, 3.63) is 57.8 Å². The molecule has 1 aromatic carbocycles. The van der Waals surface area contributed by atoms with Gasteiger partial charge in [0.25, 0.3) is 0 Å². The van der Waals surface area contributed by atoms with Gasteiger partial charge in [-0.15, -0.1) is 11.3 Å². The second-order valence-electron chi connectivity index (χ2n) is 4.58. The van der Waals surface area contributed by atoms with Crippen molar-refractivity contribution in [2.75, 3.05) is 19.5 Å². The summed E-state index contributed by atoms with van der Waals surface area (Å²) in [6.07, 6.45) is 3.00. The number of carbonyl (C=O) groups excluding carboxylic acids is 3. The van der Waals surface area contributed by atoms with Crippen LogP contribution in [0.25, 0.3) is 6.08 Å². The zero-order valence-electron chi connectivity index (χ0n) is 13.1. The van der Waals surface area contributed by atoms with Crippen LogP contribution in [-0.2, 0) is 14.3 Å². The molecule has 0 fully saturated rings. The summed E-state index contributed by atoms with van der Waals surface area (Å²) in [5.74, 6) is -1.63. The molecular formula is C17H15NO5S. The van der Waals surface area contributed by atoms with Crippen molar-refractivity contribution in [2.24, 2.45) is 0 Å². The summed E-state index contributed by atoms with van der Waals surface area (Å²) in [4.78, 5) is 36.4. The molecule has 0 saturated heterocycles. The number of nitrogens with one attached hydrogen (secondary N) is 1. The highest BCUT2D eigenvalue weighted by atomic mass is 32.1. The van der Waals surface area contributed by atoms with Crippen molar-refractivity contribution in [3.8, 4) is 0 Å². The fourth-order valence-electron chi connectivity index (χ4n) is 1.90. The summed E-state index contributed by atoms with van der Waals surface area (Å²) in [5.41, 5.74) is 0.524. The molecule has 0 aliphatic heterocycles. The Balaban J connectivity index is 2.26. The van der Waals surface area contributed by atoms with E-state index in [2.05, 4.69) is 14.8 Å². The van der Waals surface area contributed by atoms with Crippen molar-refractivity contribution in [2.45, 2.75) is 0 Å². The maximum Gasteiger partial charge on any atom is 0.339 e. The van der Waals surface area contributed by atoms with Crippen LogP contribution in [0.2, 0.25) is 0 Å². The molecule has 0 saturated carbocycles. The number of ether oxygens (including phenoxy) is 2. The highest BCUT2D eigenvalue weighted by molar-refractivity contribution is 7.10. The lowest BCUT2D eigenvalue weighted by Crippen LogP contribution is -2.14. The minimum Gasteiger partial charge on any atom is -0.465 e. The number of thiophene rings is 1. The predicted octanol–water partition coefficient (Wildman–Crippen LogP) is 2.97. The van der Waals surface area contributed by atoms with E-state index in [4.69, 9.17) is 0 Å². The number of esters is 2. The van der Waals surface area contributed by atoms with E-state index in [1.807, 2.05) is 17.5 Å². The Morgan fingerprint density at radius 3 is 2.46 bits per heavy atom. The number of carbonyl (C=O) groups is 3. The van der Waals surface area contributed by atoms with Gasteiger partial charge in [-0.1, -0.05) is 6.07 Å². The Kier molecular flexibility index (Phi) is 5.86. The Morgan fingerprint density at radius 1 is 1.08 bits per heavy atom. The maximum absolute atomic E-state index is 12.1. The third-order valence-corrected chi connectivity index (χ3v) is 3.88. The minimum atomic E-state index is -0.621. The Morgan fingerprint density at radius 2 is 1.83 bits per heavy atom. The molecule has 0 spiro atoms. The number of amides is 1. The average Bonchev–Trinajstić information content (AvgIpc) is 3.12. The molecule has 24 heavy (non-hydrogen) atoms. The van der Waals surface area contributed by atoms with Crippen LogP contribution >= 0.6 is 11.3 Å². The highest BCUT2D eigenvalue weighted by Crippen LogP contribution is 2.20. The van der Waals surface area contributed by atoms with Gasteiger partial charge in [0.1, 0.15) is 0 Å². The molecule has 1 heterocycles. The fraction of sp³-hybridized carbons (Fsp3) is 0.118. The lowest BCUT2D eigenvalue weighted by Gasteiger charge is -2.10. The molecule has 1 amide bonds. The zero-order chi connectivity index (χ0) is 17.5. The Bertz CT molecular complexity index is 780. The predicted molar refractivity (Wildman–Crippen MR) is 91.1 cm³/mol. The van der Waals surface area contributed by atoms with Crippen LogP contribution in [0.1, 0.15) is 25.6 Å². The normalized spacial score (nSPS) is 10.4. The highest BCUT2D eigenvalue weighted by Gasteiger charge is 2.16. The number of rotatable bonds is 5. The van der Waals surface area contributed by atoms with Gasteiger partial charge in [0, 0.05) is 11.0 Å². The first-order valence-corrected chi connectivity index (χ1v) is 7.76. The third kappa shape index (κ3) is 4.30. The van der Waals surface area contributed by atoms with E-state index in [1.165, 1.54) is 49.8 Å². The largest absolute Gasteiger partial charge is 0.465 e. The monoisotopic (exact) mass is 345 g/mol. The molecule has 0 bridgehead atoms. The van der Waals surface area contributed by atoms with E-state index in [1.54, 1.807) is 6.08 Å². The van der Waals surface area contributed by atoms with Crippen LogP contribution in [0.3, 0.4) is 0 Å². The molecule has 124 valence electrons. The molecule has 7 heteroatoms. The topological polar surface area (TPSA) is 81.7 Å². The van der Waals surface area contributed by atoms with Gasteiger partial charge in [-0.05, 0) is 35.7 Å². The summed E-state index contributed by atoms with van der Waals surface area (Å²) < 4.78 is 9.32. The van der Waals surface area contributed by atoms with Gasteiger partial charge in [0.2, 0.25) is 5.91 Å². The van der Waals surface area contributed by atoms with Crippen molar-refractivity contribution in [1.29, 1.82) is 0 Å². The zero-order valence-corrected chi connectivity index (χ0v) is 13.9. The molecule has 1 aromatic heterocycles. The van der Waals surface area contributed by atoms with Crippen molar-refractivity contribution in [1.82, 2.24) is 0 Å². The molecule has 0 unspecified atom stereocenters. The smallest absolute Gasteiger partial charge is 0.339 e. The standard InChI is InChI=1S/C17H15NO5S/c1-22-16(20)11-5-7-13(17(21)23-2)14(10-11)18-15(19)8-6-12-4-3-9-24-12/h3-10H,1-2H3,(H,18,19)/b8-6+. The number of hydrogen-bond acceptors (Lipinski definition) is 6. The van der Waals surface area contributed by atoms with E-state index < -0.39 is 17.8 Å². The van der Waals surface area contributed by atoms with E-state index in [9.17, 15) is 14.4 Å². The van der Waals surface area contributed by atoms with Crippen LogP contribution in [0.5, 0.6) is 0 Å². The summed E-state index contributed by atoms with van der Waals surface area (Å²) >= 11 is 1.49. The molecule has 0 aliphatic carbocycles. The SMILES string of the molecule is COC(=O)c1ccc(C(=O)OC)c(NC(=O)/C=C/c2cccs2)c1. The molecule has 1 N–H and O–H groups in total. The average molecular weight is 345 g/mol. The second kappa shape index (κ2) is 8.07. The van der Waals surface area contributed by atoms with Crippen LogP contribution in [-0.4, -0.2) is 32.1 Å². The van der Waals surface area contributed by atoms with Crippen LogP contribution < -0.4 is 5.32 Å². The summed E-state index contributed by atoms with van der Waals surface area (Å²) in [6, 6.07) is 7.94. The van der Waals surface area contributed by atoms with Gasteiger partial charge < -0.3 is 14.8 Å². The van der Waals surface area contributed by atoms with Gasteiger partial charge in [0.15, 0.2) is 0 Å². The third-order valence-electron chi connectivity index (χ3n) is 3.05. The van der Waals surface area contributed by atoms with Gasteiger partial charge in [0.05, 0.1) is 31.0 Å². The molecule has 2 rings (SSSR count). The maximum atomic E-state index is 12.1. The van der Waals surface area contributed by atoms with Crippen LogP contribution in [0.15, 0.2) is 41.8 Å². The molecule has 0 atom stereocenters. The number of anilines is 1. The Hall–Kier alpha value is -2.93. The van der Waals surface area contributed by atoms with Gasteiger partial charge in [-0.2, -0.15) is 0 Å². The second-order valence-corrected chi connectivity index (χ2v) is 5.56. The van der Waals surface area contributed by atoms with Gasteiger partial charge in [-0.25, -0.2) is 9.59 Å². The number of benzene rings is 1. The lowest BCUT2D eigenvalue weighted by molar-refractivity contribution is -0.111. The molecule has 6 nitrogen and oxygen atoms in total. The minimum absolute atomic E-state index is 0.142.